The van der Waals surface area contributed by atoms with E-state index < -0.39 is 5.97 Å². The van der Waals surface area contributed by atoms with E-state index in [1.807, 2.05) is 0 Å². The first-order valence-electron chi connectivity index (χ1n) is 4.59. The molecule has 0 aromatic rings. The van der Waals surface area contributed by atoms with Gasteiger partial charge in [0.25, 0.3) is 0 Å². The Morgan fingerprint density at radius 3 is 2.69 bits per heavy atom. The standard InChI is InChI=1S/C9H14Cl2O2/c10-7-2-3-8(11)6(5-7)1-4-9(12)13/h6-8H,1-5H2,(H,12,13). The molecule has 1 saturated carbocycles. The topological polar surface area (TPSA) is 37.3 Å². The third-order valence-electron chi connectivity index (χ3n) is 2.55. The highest BCUT2D eigenvalue weighted by atomic mass is 35.5. The zero-order chi connectivity index (χ0) is 9.84. The Hall–Kier alpha value is 0.0500. The SMILES string of the molecule is O=C(O)CCC1CC(Cl)CCC1Cl. The molecule has 1 aliphatic rings. The summed E-state index contributed by atoms with van der Waals surface area (Å²) >= 11 is 12.1. The second-order valence-corrected chi connectivity index (χ2v) is 4.80. The van der Waals surface area contributed by atoms with E-state index in [2.05, 4.69) is 0 Å². The molecule has 3 atom stereocenters. The van der Waals surface area contributed by atoms with E-state index in [4.69, 9.17) is 28.3 Å². The first kappa shape index (κ1) is 11.1. The molecule has 0 saturated heterocycles. The number of carboxylic acids is 1. The lowest BCUT2D eigenvalue weighted by Gasteiger charge is -2.29. The van der Waals surface area contributed by atoms with Crippen molar-refractivity contribution in [3.8, 4) is 0 Å². The van der Waals surface area contributed by atoms with E-state index in [1.54, 1.807) is 0 Å². The highest BCUT2D eigenvalue weighted by Gasteiger charge is 2.28. The number of carbonyl (C=O) groups is 1. The molecule has 0 aliphatic heterocycles. The van der Waals surface area contributed by atoms with Crippen molar-refractivity contribution < 1.29 is 9.90 Å². The van der Waals surface area contributed by atoms with Crippen LogP contribution in [0.15, 0.2) is 0 Å². The summed E-state index contributed by atoms with van der Waals surface area (Å²) in [6.07, 6.45) is 3.60. The molecule has 13 heavy (non-hydrogen) atoms. The van der Waals surface area contributed by atoms with Gasteiger partial charge in [0.15, 0.2) is 0 Å². The number of alkyl halides is 2. The summed E-state index contributed by atoms with van der Waals surface area (Å²) in [5, 5.41) is 8.83. The monoisotopic (exact) mass is 224 g/mol. The van der Waals surface area contributed by atoms with E-state index in [-0.39, 0.29) is 23.1 Å². The Balaban J connectivity index is 2.33. The number of hydrogen-bond donors (Lipinski definition) is 1. The van der Waals surface area contributed by atoms with Gasteiger partial charge in [-0.15, -0.1) is 23.2 Å². The van der Waals surface area contributed by atoms with Gasteiger partial charge in [0.2, 0.25) is 0 Å². The number of hydrogen-bond acceptors (Lipinski definition) is 1. The Bertz CT molecular complexity index is 184. The van der Waals surface area contributed by atoms with Gasteiger partial charge in [-0.05, 0) is 31.6 Å². The van der Waals surface area contributed by atoms with Gasteiger partial charge in [-0.3, -0.25) is 4.79 Å². The fraction of sp³-hybridized carbons (Fsp3) is 0.889. The van der Waals surface area contributed by atoms with Gasteiger partial charge < -0.3 is 5.11 Å². The molecule has 0 aromatic carbocycles. The van der Waals surface area contributed by atoms with Crippen LogP contribution in [0.4, 0.5) is 0 Å². The minimum Gasteiger partial charge on any atom is -0.481 e. The molecule has 0 bridgehead atoms. The third-order valence-corrected chi connectivity index (χ3v) is 3.53. The van der Waals surface area contributed by atoms with Crippen molar-refractivity contribution in [1.29, 1.82) is 0 Å². The minimum absolute atomic E-state index is 0.120. The van der Waals surface area contributed by atoms with Crippen LogP contribution in [0.3, 0.4) is 0 Å². The van der Waals surface area contributed by atoms with E-state index in [0.29, 0.717) is 6.42 Å². The molecule has 4 heteroatoms. The number of aliphatic carboxylic acids is 1. The molecule has 1 fully saturated rings. The van der Waals surface area contributed by atoms with Gasteiger partial charge in [-0.1, -0.05) is 0 Å². The van der Waals surface area contributed by atoms with Crippen molar-refractivity contribution in [2.75, 3.05) is 0 Å². The molecule has 0 spiro atoms. The first-order chi connectivity index (χ1) is 6.09. The number of rotatable bonds is 3. The van der Waals surface area contributed by atoms with Gasteiger partial charge in [0, 0.05) is 17.2 Å². The largest absolute Gasteiger partial charge is 0.481 e. The summed E-state index contributed by atoms with van der Waals surface area (Å²) in [6, 6.07) is 0. The Morgan fingerprint density at radius 1 is 1.38 bits per heavy atom. The summed E-state index contributed by atoms with van der Waals surface area (Å²) in [7, 11) is 0. The predicted octanol–water partition coefficient (Wildman–Crippen LogP) is 2.87. The Morgan fingerprint density at radius 2 is 2.08 bits per heavy atom. The van der Waals surface area contributed by atoms with Crippen molar-refractivity contribution in [3.05, 3.63) is 0 Å². The van der Waals surface area contributed by atoms with Gasteiger partial charge in [-0.2, -0.15) is 0 Å². The van der Waals surface area contributed by atoms with E-state index in [1.165, 1.54) is 0 Å². The second-order valence-electron chi connectivity index (χ2n) is 3.62. The molecule has 2 nitrogen and oxygen atoms in total. The van der Waals surface area contributed by atoms with E-state index >= 15 is 0 Å². The van der Waals surface area contributed by atoms with Crippen molar-refractivity contribution >= 4 is 29.2 Å². The fourth-order valence-electron chi connectivity index (χ4n) is 1.78. The summed E-state index contributed by atoms with van der Waals surface area (Å²) in [5.74, 6) is -0.463. The molecule has 1 aliphatic carbocycles. The average Bonchev–Trinajstić information content (AvgIpc) is 2.06. The lowest BCUT2D eigenvalue weighted by atomic mass is 9.85. The average molecular weight is 225 g/mol. The second kappa shape index (κ2) is 5.06. The van der Waals surface area contributed by atoms with Crippen LogP contribution < -0.4 is 0 Å². The summed E-state index contributed by atoms with van der Waals surface area (Å²) < 4.78 is 0. The summed E-state index contributed by atoms with van der Waals surface area (Å²) in [6.45, 7) is 0. The maximum atomic E-state index is 10.4. The van der Waals surface area contributed by atoms with Crippen molar-refractivity contribution in [2.24, 2.45) is 5.92 Å². The summed E-state index contributed by atoms with van der Waals surface area (Å²) in [4.78, 5) is 10.4. The molecule has 3 unspecified atom stereocenters. The third kappa shape index (κ3) is 3.74. The predicted molar refractivity (Wildman–Crippen MR) is 53.5 cm³/mol. The molecule has 0 radical (unpaired) electrons. The molecule has 0 heterocycles. The highest BCUT2D eigenvalue weighted by Crippen LogP contribution is 2.34. The van der Waals surface area contributed by atoms with Gasteiger partial charge in [0.05, 0.1) is 0 Å². The zero-order valence-corrected chi connectivity index (χ0v) is 8.89. The quantitative estimate of drug-likeness (QED) is 0.750. The first-order valence-corrected chi connectivity index (χ1v) is 5.47. The number of carboxylic acid groups (broad SMARTS) is 1. The lowest BCUT2D eigenvalue weighted by Crippen LogP contribution is -2.26. The van der Waals surface area contributed by atoms with Crippen LogP contribution in [0.5, 0.6) is 0 Å². The lowest BCUT2D eigenvalue weighted by molar-refractivity contribution is -0.137. The van der Waals surface area contributed by atoms with Crippen molar-refractivity contribution in [1.82, 2.24) is 0 Å². The van der Waals surface area contributed by atoms with Crippen molar-refractivity contribution in [2.45, 2.75) is 42.9 Å². The molecule has 1 rings (SSSR count). The molecular formula is C9H14Cl2O2. The Labute approximate surface area is 88.2 Å². The smallest absolute Gasteiger partial charge is 0.303 e. The van der Waals surface area contributed by atoms with Crippen LogP contribution >= 0.6 is 23.2 Å². The molecule has 0 amide bonds. The molecule has 76 valence electrons. The van der Waals surface area contributed by atoms with Crippen LogP contribution in [-0.2, 0) is 4.79 Å². The van der Waals surface area contributed by atoms with Crippen LogP contribution in [0.2, 0.25) is 0 Å². The molecular weight excluding hydrogens is 211 g/mol. The van der Waals surface area contributed by atoms with Gasteiger partial charge in [0.1, 0.15) is 0 Å². The van der Waals surface area contributed by atoms with Crippen LogP contribution in [0.1, 0.15) is 32.1 Å². The molecule has 1 N–H and O–H groups in total. The van der Waals surface area contributed by atoms with Crippen molar-refractivity contribution in [3.63, 3.8) is 0 Å². The van der Waals surface area contributed by atoms with E-state index in [9.17, 15) is 4.79 Å². The van der Waals surface area contributed by atoms with Gasteiger partial charge >= 0.3 is 5.97 Å². The minimum atomic E-state index is -0.749. The maximum absolute atomic E-state index is 10.4. The Kier molecular flexibility index (Phi) is 4.33. The van der Waals surface area contributed by atoms with Gasteiger partial charge in [-0.25, -0.2) is 0 Å². The van der Waals surface area contributed by atoms with Crippen LogP contribution in [-0.4, -0.2) is 21.8 Å². The fourth-order valence-corrected chi connectivity index (χ4v) is 2.49. The zero-order valence-electron chi connectivity index (χ0n) is 7.38. The molecule has 0 aromatic heterocycles. The van der Waals surface area contributed by atoms with Crippen LogP contribution in [0, 0.1) is 5.92 Å². The van der Waals surface area contributed by atoms with Crippen LogP contribution in [0.25, 0.3) is 0 Å². The normalized spacial score (nSPS) is 34.5. The maximum Gasteiger partial charge on any atom is 0.303 e. The number of halogens is 2. The summed E-state index contributed by atoms with van der Waals surface area (Å²) in [5.41, 5.74) is 0. The van der Waals surface area contributed by atoms with E-state index in [0.717, 1.165) is 19.3 Å². The highest BCUT2D eigenvalue weighted by molar-refractivity contribution is 6.22.